The highest BCUT2D eigenvalue weighted by atomic mass is 16.5. The molecule has 0 radical (unpaired) electrons. The Morgan fingerprint density at radius 3 is 2.95 bits per heavy atom. The number of methoxy groups -OCH3 is 1. The van der Waals surface area contributed by atoms with Crippen LogP contribution in [0.4, 0.5) is 5.95 Å². The van der Waals surface area contributed by atoms with Gasteiger partial charge < -0.3 is 14.6 Å². The van der Waals surface area contributed by atoms with Gasteiger partial charge in [-0.2, -0.15) is 0 Å². The lowest BCUT2D eigenvalue weighted by Crippen LogP contribution is -2.23. The van der Waals surface area contributed by atoms with Crippen molar-refractivity contribution in [3.8, 4) is 0 Å². The van der Waals surface area contributed by atoms with Crippen molar-refractivity contribution >= 4 is 5.95 Å². The second-order valence-corrected chi connectivity index (χ2v) is 4.47. The molecule has 0 saturated heterocycles. The molecule has 6 heteroatoms. The third-order valence-corrected chi connectivity index (χ3v) is 2.67. The normalized spacial score (nSPS) is 12.4. The van der Waals surface area contributed by atoms with Crippen LogP contribution in [-0.4, -0.2) is 39.3 Å². The van der Waals surface area contributed by atoms with E-state index < -0.39 is 0 Å². The van der Waals surface area contributed by atoms with Crippen LogP contribution in [0.2, 0.25) is 0 Å². The standard InChI is InChI=1S/C13H19N5O/c1-10(9-19-3)16-13-15-6-7-18(13)8-12-4-5-14-11(2)17-12/h4-7,10H,8-9H2,1-3H3,(H,15,16). The molecule has 0 fully saturated rings. The maximum Gasteiger partial charge on any atom is 0.203 e. The minimum Gasteiger partial charge on any atom is -0.383 e. The van der Waals surface area contributed by atoms with E-state index in [4.69, 9.17) is 4.74 Å². The highest BCUT2D eigenvalue weighted by Crippen LogP contribution is 2.09. The van der Waals surface area contributed by atoms with Crippen molar-refractivity contribution in [1.29, 1.82) is 0 Å². The van der Waals surface area contributed by atoms with Gasteiger partial charge in [0.1, 0.15) is 5.82 Å². The second kappa shape index (κ2) is 6.29. The molecule has 2 heterocycles. The minimum absolute atomic E-state index is 0.207. The summed E-state index contributed by atoms with van der Waals surface area (Å²) in [7, 11) is 1.69. The van der Waals surface area contributed by atoms with Gasteiger partial charge in [0, 0.05) is 31.7 Å². The Bertz CT molecular complexity index is 525. The van der Waals surface area contributed by atoms with E-state index in [1.54, 1.807) is 19.5 Å². The molecule has 19 heavy (non-hydrogen) atoms. The predicted octanol–water partition coefficient (Wildman–Crippen LogP) is 1.48. The van der Waals surface area contributed by atoms with E-state index in [-0.39, 0.29) is 6.04 Å². The summed E-state index contributed by atoms with van der Waals surface area (Å²) in [5.41, 5.74) is 0.966. The summed E-state index contributed by atoms with van der Waals surface area (Å²) in [4.78, 5) is 12.8. The van der Waals surface area contributed by atoms with Gasteiger partial charge >= 0.3 is 0 Å². The molecule has 0 amide bonds. The average molecular weight is 261 g/mol. The molecule has 0 aliphatic carbocycles. The molecule has 1 atom stereocenters. The molecule has 0 aliphatic rings. The molecule has 6 nitrogen and oxygen atoms in total. The number of anilines is 1. The van der Waals surface area contributed by atoms with Gasteiger partial charge in [-0.1, -0.05) is 0 Å². The Hall–Kier alpha value is -1.95. The number of rotatable bonds is 6. The van der Waals surface area contributed by atoms with Crippen LogP contribution in [0.25, 0.3) is 0 Å². The van der Waals surface area contributed by atoms with Crippen LogP contribution < -0.4 is 5.32 Å². The van der Waals surface area contributed by atoms with Crippen LogP contribution >= 0.6 is 0 Å². The van der Waals surface area contributed by atoms with Gasteiger partial charge in [0.25, 0.3) is 0 Å². The summed E-state index contributed by atoms with van der Waals surface area (Å²) in [5, 5.41) is 3.31. The lowest BCUT2D eigenvalue weighted by Gasteiger charge is -2.15. The zero-order valence-electron chi connectivity index (χ0n) is 11.5. The largest absolute Gasteiger partial charge is 0.383 e. The quantitative estimate of drug-likeness (QED) is 0.853. The topological polar surface area (TPSA) is 64.9 Å². The van der Waals surface area contributed by atoms with E-state index in [1.807, 2.05) is 23.8 Å². The van der Waals surface area contributed by atoms with Crippen molar-refractivity contribution in [2.24, 2.45) is 0 Å². The number of imidazole rings is 1. The van der Waals surface area contributed by atoms with E-state index in [9.17, 15) is 0 Å². The molecule has 0 saturated carbocycles. The molecule has 0 aromatic carbocycles. The van der Waals surface area contributed by atoms with Gasteiger partial charge in [-0.3, -0.25) is 0 Å². The minimum atomic E-state index is 0.207. The van der Waals surface area contributed by atoms with Crippen LogP contribution in [0.5, 0.6) is 0 Å². The first-order valence-corrected chi connectivity index (χ1v) is 6.24. The first-order valence-electron chi connectivity index (χ1n) is 6.24. The van der Waals surface area contributed by atoms with Crippen LogP contribution in [0.15, 0.2) is 24.7 Å². The zero-order valence-corrected chi connectivity index (χ0v) is 11.5. The number of aryl methyl sites for hydroxylation is 1. The summed E-state index contributed by atoms with van der Waals surface area (Å²) in [6.45, 7) is 5.25. The van der Waals surface area contributed by atoms with E-state index in [2.05, 4.69) is 27.2 Å². The molecule has 102 valence electrons. The molecule has 1 unspecified atom stereocenters. The van der Waals surface area contributed by atoms with Crippen molar-refractivity contribution in [3.63, 3.8) is 0 Å². The maximum absolute atomic E-state index is 5.11. The SMILES string of the molecule is COCC(C)Nc1nccn1Cc1ccnc(C)n1. The number of nitrogens with zero attached hydrogens (tertiary/aromatic N) is 4. The first-order chi connectivity index (χ1) is 9.19. The number of hydrogen-bond donors (Lipinski definition) is 1. The Labute approximate surface area is 112 Å². The molecule has 1 N–H and O–H groups in total. The molecule has 0 bridgehead atoms. The third kappa shape index (κ3) is 3.75. The van der Waals surface area contributed by atoms with Crippen molar-refractivity contribution in [1.82, 2.24) is 19.5 Å². The van der Waals surface area contributed by atoms with Gasteiger partial charge in [-0.15, -0.1) is 0 Å². The molecule has 2 rings (SSSR count). The van der Waals surface area contributed by atoms with Crippen molar-refractivity contribution in [2.75, 3.05) is 19.0 Å². The van der Waals surface area contributed by atoms with Gasteiger partial charge in [0.15, 0.2) is 0 Å². The molecular formula is C13H19N5O. The number of nitrogens with one attached hydrogen (secondary N) is 1. The van der Waals surface area contributed by atoms with Gasteiger partial charge in [-0.25, -0.2) is 15.0 Å². The van der Waals surface area contributed by atoms with Crippen LogP contribution in [0, 0.1) is 6.92 Å². The number of ether oxygens (including phenoxy) is 1. The van der Waals surface area contributed by atoms with Crippen molar-refractivity contribution in [3.05, 3.63) is 36.2 Å². The molecule has 2 aromatic heterocycles. The van der Waals surface area contributed by atoms with E-state index >= 15 is 0 Å². The van der Waals surface area contributed by atoms with Gasteiger partial charge in [-0.05, 0) is 19.9 Å². The Kier molecular flexibility index (Phi) is 4.46. The Balaban J connectivity index is 2.07. The predicted molar refractivity (Wildman–Crippen MR) is 73.1 cm³/mol. The summed E-state index contributed by atoms with van der Waals surface area (Å²) >= 11 is 0. The maximum atomic E-state index is 5.11. The Morgan fingerprint density at radius 2 is 2.21 bits per heavy atom. The highest BCUT2D eigenvalue weighted by molar-refractivity contribution is 5.28. The van der Waals surface area contributed by atoms with Crippen molar-refractivity contribution in [2.45, 2.75) is 26.4 Å². The fourth-order valence-electron chi connectivity index (χ4n) is 1.86. The van der Waals surface area contributed by atoms with Crippen LogP contribution in [-0.2, 0) is 11.3 Å². The molecular weight excluding hydrogens is 242 g/mol. The fraction of sp³-hybridized carbons (Fsp3) is 0.462. The van der Waals surface area contributed by atoms with E-state index in [1.165, 1.54) is 0 Å². The lowest BCUT2D eigenvalue weighted by atomic mass is 10.3. The van der Waals surface area contributed by atoms with Gasteiger partial charge in [0.05, 0.1) is 18.8 Å². The summed E-state index contributed by atoms with van der Waals surface area (Å²) < 4.78 is 7.13. The van der Waals surface area contributed by atoms with Crippen molar-refractivity contribution < 1.29 is 4.74 Å². The second-order valence-electron chi connectivity index (χ2n) is 4.47. The summed E-state index contributed by atoms with van der Waals surface area (Å²) in [6, 6.07) is 2.12. The monoisotopic (exact) mass is 261 g/mol. The molecule has 0 spiro atoms. The van der Waals surface area contributed by atoms with E-state index in [0.717, 1.165) is 17.5 Å². The number of aromatic nitrogens is 4. The Morgan fingerprint density at radius 1 is 1.37 bits per heavy atom. The molecule has 0 aliphatic heterocycles. The van der Waals surface area contributed by atoms with Gasteiger partial charge in [0.2, 0.25) is 5.95 Å². The first kappa shape index (κ1) is 13.5. The highest BCUT2D eigenvalue weighted by Gasteiger charge is 2.08. The summed E-state index contributed by atoms with van der Waals surface area (Å²) in [5.74, 6) is 1.60. The molecule has 2 aromatic rings. The van der Waals surface area contributed by atoms with Crippen LogP contribution in [0.1, 0.15) is 18.4 Å². The fourth-order valence-corrected chi connectivity index (χ4v) is 1.86. The average Bonchev–Trinajstić information content (AvgIpc) is 2.77. The third-order valence-electron chi connectivity index (χ3n) is 2.67. The van der Waals surface area contributed by atoms with E-state index in [0.29, 0.717) is 13.2 Å². The smallest absolute Gasteiger partial charge is 0.203 e. The summed E-state index contributed by atoms with van der Waals surface area (Å²) in [6.07, 6.45) is 5.48. The van der Waals surface area contributed by atoms with Crippen LogP contribution in [0.3, 0.4) is 0 Å². The zero-order chi connectivity index (χ0) is 13.7. The lowest BCUT2D eigenvalue weighted by molar-refractivity contribution is 0.190. The number of hydrogen-bond acceptors (Lipinski definition) is 5.